The summed E-state index contributed by atoms with van der Waals surface area (Å²) in [6, 6.07) is 16.2. The van der Waals surface area contributed by atoms with E-state index in [9.17, 15) is 4.79 Å². The first-order chi connectivity index (χ1) is 13.7. The molecule has 0 spiro atoms. The van der Waals surface area contributed by atoms with Gasteiger partial charge in [0, 0.05) is 48.2 Å². The van der Waals surface area contributed by atoms with Gasteiger partial charge in [-0.15, -0.1) is 0 Å². The minimum Gasteiger partial charge on any atom is -0.430 e. The summed E-state index contributed by atoms with van der Waals surface area (Å²) in [6.07, 6.45) is 4.57. The van der Waals surface area contributed by atoms with Gasteiger partial charge in [0.25, 0.3) is 0 Å². The zero-order chi connectivity index (χ0) is 19.3. The topological polar surface area (TPSA) is 75.3 Å². The van der Waals surface area contributed by atoms with Crippen molar-refractivity contribution < 1.29 is 9.53 Å². The molecule has 1 amide bonds. The van der Waals surface area contributed by atoms with Crippen molar-refractivity contribution >= 4 is 28.2 Å². The minimum atomic E-state index is -0.444. The van der Waals surface area contributed by atoms with Crippen molar-refractivity contribution in [2.45, 2.75) is 32.0 Å². The number of aromatic nitrogens is 1. The number of anilines is 2. The molecule has 2 heterocycles. The zero-order valence-corrected chi connectivity index (χ0v) is 15.8. The van der Waals surface area contributed by atoms with E-state index in [4.69, 9.17) is 4.74 Å². The Labute approximate surface area is 164 Å². The molecule has 0 radical (unpaired) electrons. The quantitative estimate of drug-likeness (QED) is 0.624. The van der Waals surface area contributed by atoms with Gasteiger partial charge in [-0.25, -0.2) is 4.79 Å². The summed E-state index contributed by atoms with van der Waals surface area (Å²) in [4.78, 5) is 16.3. The average Bonchev–Trinajstić information content (AvgIpc) is 3.15. The molecule has 2 atom stereocenters. The number of fused-ring (bicyclic) bond motifs is 1. The van der Waals surface area contributed by atoms with Gasteiger partial charge in [0.1, 0.15) is 0 Å². The van der Waals surface area contributed by atoms with Crippen LogP contribution in [0.15, 0.2) is 60.9 Å². The SMILES string of the molecule is CCc1ccc(NC(=O)O[C@H]2C[C@H](Nc3ccc4cnccc4c3)CN2)cc1. The number of carbonyl (C=O) groups excluding carboxylic acids is 1. The van der Waals surface area contributed by atoms with E-state index in [0.717, 1.165) is 35.1 Å². The fraction of sp³-hybridized carbons (Fsp3) is 0.273. The molecule has 0 saturated carbocycles. The lowest BCUT2D eigenvalue weighted by Crippen LogP contribution is -2.29. The van der Waals surface area contributed by atoms with Gasteiger partial charge in [-0.2, -0.15) is 0 Å². The molecule has 1 aliphatic rings. The molecule has 3 aromatic rings. The second-order valence-corrected chi connectivity index (χ2v) is 6.99. The van der Waals surface area contributed by atoms with E-state index in [1.807, 2.05) is 42.6 Å². The number of carbonyl (C=O) groups is 1. The molecule has 2 aromatic carbocycles. The van der Waals surface area contributed by atoms with E-state index < -0.39 is 6.09 Å². The number of ether oxygens (including phenoxy) is 1. The summed E-state index contributed by atoms with van der Waals surface area (Å²) in [6.45, 7) is 2.83. The maximum Gasteiger partial charge on any atom is 0.413 e. The Kier molecular flexibility index (Phi) is 5.39. The molecule has 4 rings (SSSR count). The molecule has 144 valence electrons. The first-order valence-electron chi connectivity index (χ1n) is 9.60. The predicted octanol–water partition coefficient (Wildman–Crippen LogP) is 4.15. The van der Waals surface area contributed by atoms with Crippen molar-refractivity contribution in [3.05, 3.63) is 66.5 Å². The molecule has 1 saturated heterocycles. The number of aryl methyl sites for hydroxylation is 1. The van der Waals surface area contributed by atoms with Crippen LogP contribution in [-0.2, 0) is 11.2 Å². The molecule has 28 heavy (non-hydrogen) atoms. The van der Waals surface area contributed by atoms with Crippen molar-refractivity contribution in [2.75, 3.05) is 17.2 Å². The molecular formula is C22H24N4O2. The Bertz CT molecular complexity index is 958. The van der Waals surface area contributed by atoms with Crippen LogP contribution in [0.3, 0.4) is 0 Å². The van der Waals surface area contributed by atoms with Crippen LogP contribution in [0.1, 0.15) is 18.9 Å². The van der Waals surface area contributed by atoms with Gasteiger partial charge in [-0.1, -0.05) is 25.1 Å². The van der Waals surface area contributed by atoms with Crippen LogP contribution in [0.4, 0.5) is 16.2 Å². The largest absolute Gasteiger partial charge is 0.430 e. The second-order valence-electron chi connectivity index (χ2n) is 6.99. The van der Waals surface area contributed by atoms with E-state index >= 15 is 0 Å². The van der Waals surface area contributed by atoms with Gasteiger partial charge in [0.2, 0.25) is 0 Å². The Hall–Kier alpha value is -3.12. The van der Waals surface area contributed by atoms with Crippen molar-refractivity contribution in [1.82, 2.24) is 10.3 Å². The molecule has 1 aromatic heterocycles. The van der Waals surface area contributed by atoms with E-state index in [0.29, 0.717) is 6.42 Å². The third kappa shape index (κ3) is 4.40. The molecule has 6 nitrogen and oxygen atoms in total. The zero-order valence-electron chi connectivity index (χ0n) is 15.8. The van der Waals surface area contributed by atoms with Crippen LogP contribution >= 0.6 is 0 Å². The summed E-state index contributed by atoms with van der Waals surface area (Å²) in [5.74, 6) is 0. The Morgan fingerprint density at radius 3 is 2.79 bits per heavy atom. The summed E-state index contributed by atoms with van der Waals surface area (Å²) in [5, 5.41) is 11.8. The molecular weight excluding hydrogens is 352 g/mol. The third-order valence-electron chi connectivity index (χ3n) is 4.96. The van der Waals surface area contributed by atoms with Gasteiger partial charge in [0.05, 0.1) is 0 Å². The molecule has 1 fully saturated rings. The molecule has 6 heteroatoms. The van der Waals surface area contributed by atoms with Crippen LogP contribution in [0.2, 0.25) is 0 Å². The van der Waals surface area contributed by atoms with Crippen molar-refractivity contribution in [3.63, 3.8) is 0 Å². The lowest BCUT2D eigenvalue weighted by Gasteiger charge is -2.15. The normalized spacial score (nSPS) is 18.8. The number of nitrogens with one attached hydrogen (secondary N) is 3. The molecule has 3 N–H and O–H groups in total. The van der Waals surface area contributed by atoms with Crippen molar-refractivity contribution in [1.29, 1.82) is 0 Å². The summed E-state index contributed by atoms with van der Waals surface area (Å²) in [7, 11) is 0. The summed E-state index contributed by atoms with van der Waals surface area (Å²) in [5.41, 5.74) is 3.02. The van der Waals surface area contributed by atoms with Gasteiger partial charge in [-0.3, -0.25) is 15.6 Å². The maximum absolute atomic E-state index is 12.1. The van der Waals surface area contributed by atoms with E-state index in [-0.39, 0.29) is 12.3 Å². The molecule has 0 aliphatic carbocycles. The van der Waals surface area contributed by atoms with E-state index in [1.165, 1.54) is 5.56 Å². The monoisotopic (exact) mass is 376 g/mol. The first-order valence-corrected chi connectivity index (χ1v) is 9.60. The van der Waals surface area contributed by atoms with Gasteiger partial charge in [0.15, 0.2) is 6.23 Å². The summed E-state index contributed by atoms with van der Waals surface area (Å²) >= 11 is 0. The Morgan fingerprint density at radius 1 is 1.14 bits per heavy atom. The highest BCUT2D eigenvalue weighted by atomic mass is 16.6. The average molecular weight is 376 g/mol. The first kappa shape index (κ1) is 18.3. The van der Waals surface area contributed by atoms with Crippen LogP contribution in [0, 0.1) is 0 Å². The number of hydrogen-bond acceptors (Lipinski definition) is 5. The number of nitrogens with zero attached hydrogens (tertiary/aromatic N) is 1. The smallest absolute Gasteiger partial charge is 0.413 e. The van der Waals surface area contributed by atoms with Gasteiger partial charge < -0.3 is 10.1 Å². The Morgan fingerprint density at radius 2 is 1.96 bits per heavy atom. The maximum atomic E-state index is 12.1. The van der Waals surface area contributed by atoms with E-state index in [2.05, 4.69) is 40.0 Å². The highest BCUT2D eigenvalue weighted by molar-refractivity contribution is 5.85. The molecule has 0 bridgehead atoms. The van der Waals surface area contributed by atoms with Crippen molar-refractivity contribution in [3.8, 4) is 0 Å². The van der Waals surface area contributed by atoms with Crippen LogP contribution < -0.4 is 16.0 Å². The summed E-state index contributed by atoms with van der Waals surface area (Å²) < 4.78 is 5.50. The number of hydrogen-bond donors (Lipinski definition) is 3. The number of rotatable bonds is 5. The highest BCUT2D eigenvalue weighted by Crippen LogP contribution is 2.21. The number of benzene rings is 2. The minimum absolute atomic E-state index is 0.195. The predicted molar refractivity (Wildman–Crippen MR) is 111 cm³/mol. The number of pyridine rings is 1. The van der Waals surface area contributed by atoms with E-state index in [1.54, 1.807) is 6.20 Å². The van der Waals surface area contributed by atoms with Crippen molar-refractivity contribution in [2.24, 2.45) is 0 Å². The third-order valence-corrected chi connectivity index (χ3v) is 4.96. The van der Waals surface area contributed by atoms with Gasteiger partial charge in [-0.05, 0) is 47.7 Å². The van der Waals surface area contributed by atoms with Gasteiger partial charge >= 0.3 is 6.09 Å². The lowest BCUT2D eigenvalue weighted by atomic mass is 10.1. The fourth-order valence-electron chi connectivity index (χ4n) is 3.41. The van der Waals surface area contributed by atoms with Crippen LogP contribution in [0.25, 0.3) is 10.8 Å². The second kappa shape index (κ2) is 8.27. The Balaban J connectivity index is 1.28. The standard InChI is InChI=1S/C22H24N4O2/c1-2-15-3-6-18(7-4-15)26-22(27)28-21-12-20(14-24-21)25-19-8-5-17-13-23-10-9-16(17)11-19/h3-11,13,20-21,24-25H,2,12,14H2,1H3,(H,26,27)/t20-,21-/m0/s1. The fourth-order valence-corrected chi connectivity index (χ4v) is 3.41. The number of amides is 1. The molecule has 1 aliphatic heterocycles. The van der Waals surface area contributed by atoms with Crippen LogP contribution in [0.5, 0.6) is 0 Å². The molecule has 0 unspecified atom stereocenters. The van der Waals surface area contributed by atoms with Crippen LogP contribution in [-0.4, -0.2) is 29.9 Å². The lowest BCUT2D eigenvalue weighted by molar-refractivity contribution is 0.102. The highest BCUT2D eigenvalue weighted by Gasteiger charge is 2.27.